The van der Waals surface area contributed by atoms with E-state index >= 15 is 0 Å². The Morgan fingerprint density at radius 3 is 2.21 bits per heavy atom. The lowest BCUT2D eigenvalue weighted by atomic mass is 9.83. The van der Waals surface area contributed by atoms with E-state index in [0.29, 0.717) is 6.04 Å². The Morgan fingerprint density at radius 2 is 1.68 bits per heavy atom. The first-order chi connectivity index (χ1) is 9.29. The van der Waals surface area contributed by atoms with Crippen LogP contribution in [0.4, 0.5) is 0 Å². The Labute approximate surface area is 120 Å². The zero-order chi connectivity index (χ0) is 14.0. The van der Waals surface area contributed by atoms with Crippen molar-refractivity contribution in [3.63, 3.8) is 0 Å². The van der Waals surface area contributed by atoms with Crippen LogP contribution in [0, 0.1) is 0 Å². The lowest BCUT2D eigenvalue weighted by Gasteiger charge is -2.41. The maximum Gasteiger partial charge on any atom is 0.0834 e. The van der Waals surface area contributed by atoms with Gasteiger partial charge < -0.3 is 10.1 Å². The topological polar surface area (TPSA) is 21.3 Å². The zero-order valence-electron chi connectivity index (χ0n) is 13.5. The fourth-order valence-corrected chi connectivity index (χ4v) is 3.49. The van der Waals surface area contributed by atoms with Crippen molar-refractivity contribution < 1.29 is 4.74 Å². The van der Waals surface area contributed by atoms with Crippen LogP contribution in [0.25, 0.3) is 0 Å². The maximum atomic E-state index is 6.34. The monoisotopic (exact) mass is 269 g/mol. The smallest absolute Gasteiger partial charge is 0.0834 e. The second-order valence-corrected chi connectivity index (χ2v) is 6.06. The molecule has 0 spiro atoms. The highest BCUT2D eigenvalue weighted by Gasteiger charge is 2.38. The number of nitrogens with one attached hydrogen (secondary N) is 1. The largest absolute Gasteiger partial charge is 0.374 e. The molecule has 1 saturated carbocycles. The van der Waals surface area contributed by atoms with E-state index in [2.05, 4.69) is 26.1 Å². The molecule has 1 aliphatic carbocycles. The van der Waals surface area contributed by atoms with Crippen molar-refractivity contribution in [2.24, 2.45) is 0 Å². The van der Waals surface area contributed by atoms with Crippen LogP contribution in [-0.4, -0.2) is 24.8 Å². The van der Waals surface area contributed by atoms with Gasteiger partial charge in [-0.25, -0.2) is 0 Å². The molecule has 0 aliphatic heterocycles. The summed E-state index contributed by atoms with van der Waals surface area (Å²) in [6.07, 6.45) is 13.1. The van der Waals surface area contributed by atoms with Crippen LogP contribution in [0.15, 0.2) is 0 Å². The van der Waals surface area contributed by atoms with Gasteiger partial charge in [-0.2, -0.15) is 0 Å². The minimum atomic E-state index is 0.121. The second-order valence-electron chi connectivity index (χ2n) is 6.06. The summed E-state index contributed by atoms with van der Waals surface area (Å²) >= 11 is 0. The maximum absolute atomic E-state index is 6.34. The lowest BCUT2D eigenvalue weighted by Crippen LogP contribution is -2.52. The van der Waals surface area contributed by atoms with Crippen LogP contribution in [0.5, 0.6) is 0 Å². The van der Waals surface area contributed by atoms with E-state index in [4.69, 9.17) is 4.74 Å². The summed E-state index contributed by atoms with van der Waals surface area (Å²) in [4.78, 5) is 0. The summed E-state index contributed by atoms with van der Waals surface area (Å²) in [5.41, 5.74) is 0.121. The molecule has 1 aliphatic rings. The normalized spacial score (nSPS) is 21.0. The van der Waals surface area contributed by atoms with Crippen molar-refractivity contribution >= 4 is 0 Å². The highest BCUT2D eigenvalue weighted by atomic mass is 16.5. The standard InChI is InChI=1S/C17H35NO/c1-4-7-12-16(18-15-5-2)17(19-6-3)13-10-8-9-11-14-17/h16,18H,4-15H2,1-3H3. The summed E-state index contributed by atoms with van der Waals surface area (Å²) in [5, 5.41) is 3.80. The number of unbranched alkanes of at least 4 members (excludes halogenated alkanes) is 1. The van der Waals surface area contributed by atoms with Crippen LogP contribution in [0.2, 0.25) is 0 Å². The van der Waals surface area contributed by atoms with Gasteiger partial charge in [-0.15, -0.1) is 0 Å². The molecule has 0 bridgehead atoms. The Hall–Kier alpha value is -0.0800. The number of ether oxygens (including phenoxy) is 1. The van der Waals surface area contributed by atoms with Gasteiger partial charge in [0.1, 0.15) is 0 Å². The molecule has 0 heterocycles. The Morgan fingerprint density at radius 1 is 1.00 bits per heavy atom. The molecule has 2 nitrogen and oxygen atoms in total. The van der Waals surface area contributed by atoms with Gasteiger partial charge in [0.25, 0.3) is 0 Å². The molecule has 1 unspecified atom stereocenters. The first-order valence-corrected chi connectivity index (χ1v) is 8.66. The Balaban J connectivity index is 2.74. The van der Waals surface area contributed by atoms with Crippen molar-refractivity contribution in [3.8, 4) is 0 Å². The molecule has 1 fully saturated rings. The van der Waals surface area contributed by atoms with Gasteiger partial charge in [-0.05, 0) is 39.2 Å². The summed E-state index contributed by atoms with van der Waals surface area (Å²) in [6.45, 7) is 8.69. The first kappa shape index (κ1) is 17.0. The molecule has 1 rings (SSSR count). The molecule has 2 heteroatoms. The van der Waals surface area contributed by atoms with Crippen LogP contribution >= 0.6 is 0 Å². The van der Waals surface area contributed by atoms with E-state index < -0.39 is 0 Å². The number of hydrogen-bond acceptors (Lipinski definition) is 2. The minimum absolute atomic E-state index is 0.121. The second kappa shape index (κ2) is 9.77. The van der Waals surface area contributed by atoms with E-state index in [0.717, 1.165) is 13.2 Å². The van der Waals surface area contributed by atoms with Crippen LogP contribution < -0.4 is 5.32 Å². The summed E-state index contributed by atoms with van der Waals surface area (Å²) in [6, 6.07) is 0.561. The average molecular weight is 269 g/mol. The minimum Gasteiger partial charge on any atom is -0.374 e. The van der Waals surface area contributed by atoms with Crippen molar-refractivity contribution in [2.75, 3.05) is 13.2 Å². The van der Waals surface area contributed by atoms with Gasteiger partial charge in [0.2, 0.25) is 0 Å². The molecular weight excluding hydrogens is 234 g/mol. The van der Waals surface area contributed by atoms with Gasteiger partial charge in [0, 0.05) is 12.6 Å². The SMILES string of the molecule is CCCCC(NCCC)C1(OCC)CCCCCC1. The average Bonchev–Trinajstić information content (AvgIpc) is 2.66. The first-order valence-electron chi connectivity index (χ1n) is 8.66. The predicted molar refractivity (Wildman–Crippen MR) is 83.7 cm³/mol. The van der Waals surface area contributed by atoms with Gasteiger partial charge >= 0.3 is 0 Å². The Kier molecular flexibility index (Phi) is 8.72. The van der Waals surface area contributed by atoms with Crippen molar-refractivity contribution in [1.82, 2.24) is 5.32 Å². The van der Waals surface area contributed by atoms with E-state index in [1.54, 1.807) is 0 Å². The van der Waals surface area contributed by atoms with Crippen LogP contribution in [-0.2, 0) is 4.74 Å². The molecule has 0 aromatic heterocycles. The molecule has 1 N–H and O–H groups in total. The summed E-state index contributed by atoms with van der Waals surface area (Å²) < 4.78 is 6.34. The highest BCUT2D eigenvalue weighted by Crippen LogP contribution is 2.35. The molecule has 114 valence electrons. The lowest BCUT2D eigenvalue weighted by molar-refractivity contribution is -0.0788. The van der Waals surface area contributed by atoms with Gasteiger partial charge in [-0.3, -0.25) is 0 Å². The van der Waals surface area contributed by atoms with Gasteiger partial charge in [-0.1, -0.05) is 52.4 Å². The molecule has 1 atom stereocenters. The molecule has 0 aromatic carbocycles. The number of rotatable bonds is 9. The van der Waals surface area contributed by atoms with Crippen LogP contribution in [0.3, 0.4) is 0 Å². The summed E-state index contributed by atoms with van der Waals surface area (Å²) in [5.74, 6) is 0. The van der Waals surface area contributed by atoms with Crippen LogP contribution in [0.1, 0.15) is 85.0 Å². The summed E-state index contributed by atoms with van der Waals surface area (Å²) in [7, 11) is 0. The van der Waals surface area contributed by atoms with Crippen molar-refractivity contribution in [3.05, 3.63) is 0 Å². The Bertz CT molecular complexity index is 201. The highest BCUT2D eigenvalue weighted by molar-refractivity contribution is 4.94. The third-order valence-electron chi connectivity index (χ3n) is 4.50. The number of hydrogen-bond donors (Lipinski definition) is 1. The third kappa shape index (κ3) is 5.43. The predicted octanol–water partition coefficient (Wildman–Crippen LogP) is 4.67. The van der Waals surface area contributed by atoms with Crippen molar-refractivity contribution in [1.29, 1.82) is 0 Å². The van der Waals surface area contributed by atoms with E-state index in [-0.39, 0.29) is 5.60 Å². The molecule has 0 radical (unpaired) electrons. The fraction of sp³-hybridized carbons (Fsp3) is 1.00. The van der Waals surface area contributed by atoms with E-state index in [1.165, 1.54) is 64.2 Å². The van der Waals surface area contributed by atoms with Gasteiger partial charge in [0.15, 0.2) is 0 Å². The van der Waals surface area contributed by atoms with E-state index in [1.807, 2.05) is 0 Å². The zero-order valence-corrected chi connectivity index (χ0v) is 13.5. The quantitative estimate of drug-likeness (QED) is 0.614. The van der Waals surface area contributed by atoms with E-state index in [9.17, 15) is 0 Å². The fourth-order valence-electron chi connectivity index (χ4n) is 3.49. The van der Waals surface area contributed by atoms with Gasteiger partial charge in [0.05, 0.1) is 5.60 Å². The van der Waals surface area contributed by atoms with Crippen molar-refractivity contribution in [2.45, 2.75) is 96.6 Å². The molecule has 19 heavy (non-hydrogen) atoms. The molecule has 0 aromatic rings. The third-order valence-corrected chi connectivity index (χ3v) is 4.50. The molecule has 0 amide bonds. The molecule has 0 saturated heterocycles. The molecular formula is C17H35NO.